The minimum atomic E-state index is -0.796. The first kappa shape index (κ1) is 14.8. The van der Waals surface area contributed by atoms with Crippen LogP contribution in [0.4, 0.5) is 4.39 Å². The van der Waals surface area contributed by atoms with Crippen LogP contribution in [-0.2, 0) is 4.79 Å². The molecule has 1 saturated carbocycles. The smallest absolute Gasteiger partial charge is 0.306 e. The van der Waals surface area contributed by atoms with E-state index in [9.17, 15) is 14.0 Å². The third-order valence-electron chi connectivity index (χ3n) is 3.58. The molecular formula is C14H15ClFNO3. The van der Waals surface area contributed by atoms with E-state index in [-0.39, 0.29) is 17.5 Å². The topological polar surface area (TPSA) is 66.4 Å². The number of hydrogen-bond acceptors (Lipinski definition) is 2. The van der Waals surface area contributed by atoms with E-state index >= 15 is 0 Å². The van der Waals surface area contributed by atoms with Crippen molar-refractivity contribution in [3.05, 3.63) is 34.6 Å². The van der Waals surface area contributed by atoms with Gasteiger partial charge in [0, 0.05) is 11.1 Å². The highest BCUT2D eigenvalue weighted by Crippen LogP contribution is 2.25. The number of carboxylic acids is 1. The molecule has 0 aliphatic heterocycles. The summed E-state index contributed by atoms with van der Waals surface area (Å²) in [7, 11) is 0. The van der Waals surface area contributed by atoms with Crippen molar-refractivity contribution in [3.63, 3.8) is 0 Å². The Kier molecular flexibility index (Phi) is 4.60. The maximum Gasteiger partial charge on any atom is 0.306 e. The summed E-state index contributed by atoms with van der Waals surface area (Å²) in [5.41, 5.74) is -0.0853. The molecule has 1 fully saturated rings. The molecule has 4 nitrogen and oxygen atoms in total. The van der Waals surface area contributed by atoms with Gasteiger partial charge < -0.3 is 10.4 Å². The van der Waals surface area contributed by atoms with Crippen molar-refractivity contribution in [2.24, 2.45) is 5.92 Å². The molecule has 108 valence electrons. The van der Waals surface area contributed by atoms with Gasteiger partial charge >= 0.3 is 5.97 Å². The Labute approximate surface area is 120 Å². The summed E-state index contributed by atoms with van der Waals surface area (Å²) in [6, 6.07) is 3.70. The van der Waals surface area contributed by atoms with Gasteiger partial charge in [0.2, 0.25) is 0 Å². The number of rotatable bonds is 3. The van der Waals surface area contributed by atoms with Crippen molar-refractivity contribution >= 4 is 23.5 Å². The zero-order valence-corrected chi connectivity index (χ0v) is 11.5. The van der Waals surface area contributed by atoms with Gasteiger partial charge in [0.05, 0.1) is 11.5 Å². The van der Waals surface area contributed by atoms with Crippen LogP contribution in [0.25, 0.3) is 0 Å². The molecule has 0 bridgehead atoms. The second kappa shape index (κ2) is 6.22. The predicted molar refractivity (Wildman–Crippen MR) is 72.3 cm³/mol. The molecule has 0 unspecified atom stereocenters. The number of halogens is 2. The number of carbonyl (C=O) groups is 2. The van der Waals surface area contributed by atoms with Crippen LogP contribution in [0.1, 0.15) is 36.0 Å². The van der Waals surface area contributed by atoms with E-state index in [0.717, 1.165) is 6.07 Å². The molecule has 0 aromatic heterocycles. The van der Waals surface area contributed by atoms with Crippen molar-refractivity contribution in [1.29, 1.82) is 0 Å². The second-order valence-corrected chi connectivity index (χ2v) is 5.42. The van der Waals surface area contributed by atoms with Gasteiger partial charge in [0.15, 0.2) is 0 Å². The fourth-order valence-electron chi connectivity index (χ4n) is 2.42. The third-order valence-corrected chi connectivity index (χ3v) is 3.82. The van der Waals surface area contributed by atoms with Crippen LogP contribution >= 0.6 is 11.6 Å². The Bertz CT molecular complexity index is 527. The summed E-state index contributed by atoms with van der Waals surface area (Å²) in [5.74, 6) is -2.27. The first-order valence-electron chi connectivity index (χ1n) is 6.46. The Balaban J connectivity index is 1.96. The van der Waals surface area contributed by atoms with E-state index in [4.69, 9.17) is 16.7 Å². The fourth-order valence-corrected chi connectivity index (χ4v) is 2.59. The molecule has 1 aliphatic carbocycles. The van der Waals surface area contributed by atoms with Crippen LogP contribution in [0.3, 0.4) is 0 Å². The summed E-state index contributed by atoms with van der Waals surface area (Å²) < 4.78 is 13.5. The molecule has 0 saturated heterocycles. The fraction of sp³-hybridized carbons (Fsp3) is 0.429. The maximum atomic E-state index is 13.5. The number of aliphatic carboxylic acids is 1. The zero-order valence-electron chi connectivity index (χ0n) is 10.7. The van der Waals surface area contributed by atoms with E-state index in [1.165, 1.54) is 12.1 Å². The van der Waals surface area contributed by atoms with E-state index in [2.05, 4.69) is 5.32 Å². The molecule has 0 heterocycles. The minimum Gasteiger partial charge on any atom is -0.481 e. The quantitative estimate of drug-likeness (QED) is 0.902. The number of carboxylic acid groups (broad SMARTS) is 1. The summed E-state index contributed by atoms with van der Waals surface area (Å²) in [4.78, 5) is 22.8. The Morgan fingerprint density at radius 2 is 1.90 bits per heavy atom. The van der Waals surface area contributed by atoms with Gasteiger partial charge in [-0.3, -0.25) is 9.59 Å². The molecule has 1 aliphatic rings. The maximum absolute atomic E-state index is 13.5. The molecule has 1 aromatic carbocycles. The first-order chi connectivity index (χ1) is 9.47. The van der Waals surface area contributed by atoms with Gasteiger partial charge in [-0.2, -0.15) is 0 Å². The first-order valence-corrected chi connectivity index (χ1v) is 6.84. The van der Waals surface area contributed by atoms with Crippen LogP contribution in [-0.4, -0.2) is 23.0 Å². The lowest BCUT2D eigenvalue weighted by Crippen LogP contribution is -2.39. The van der Waals surface area contributed by atoms with Crippen LogP contribution in [0.5, 0.6) is 0 Å². The highest BCUT2D eigenvalue weighted by Gasteiger charge is 2.27. The lowest BCUT2D eigenvalue weighted by Gasteiger charge is -2.26. The van der Waals surface area contributed by atoms with E-state index in [1.54, 1.807) is 0 Å². The van der Waals surface area contributed by atoms with Crippen LogP contribution in [0.15, 0.2) is 18.2 Å². The van der Waals surface area contributed by atoms with Gasteiger partial charge in [-0.25, -0.2) is 4.39 Å². The van der Waals surface area contributed by atoms with Gasteiger partial charge in [-0.05, 0) is 43.9 Å². The summed E-state index contributed by atoms with van der Waals surface area (Å²) in [6.45, 7) is 0. The van der Waals surface area contributed by atoms with Crippen molar-refractivity contribution in [3.8, 4) is 0 Å². The minimum absolute atomic E-state index is 0.0853. The Morgan fingerprint density at radius 1 is 1.25 bits per heavy atom. The summed E-state index contributed by atoms with van der Waals surface area (Å²) >= 11 is 5.75. The number of hydrogen-bond donors (Lipinski definition) is 2. The number of nitrogens with one attached hydrogen (secondary N) is 1. The Morgan fingerprint density at radius 3 is 2.50 bits per heavy atom. The average molecular weight is 300 g/mol. The molecule has 2 N–H and O–H groups in total. The number of benzene rings is 1. The molecular weight excluding hydrogens is 285 g/mol. The number of carbonyl (C=O) groups excluding carboxylic acids is 1. The predicted octanol–water partition coefficient (Wildman–Crippen LogP) is 2.85. The summed E-state index contributed by atoms with van der Waals surface area (Å²) in [6.07, 6.45) is 2.23. The van der Waals surface area contributed by atoms with Gasteiger partial charge in [0.25, 0.3) is 5.91 Å². The van der Waals surface area contributed by atoms with Crippen molar-refractivity contribution in [2.75, 3.05) is 0 Å². The van der Waals surface area contributed by atoms with Gasteiger partial charge in [-0.15, -0.1) is 0 Å². The van der Waals surface area contributed by atoms with Crippen molar-refractivity contribution in [2.45, 2.75) is 31.7 Å². The normalized spacial score (nSPS) is 22.3. The lowest BCUT2D eigenvalue weighted by molar-refractivity contribution is -0.142. The lowest BCUT2D eigenvalue weighted by atomic mass is 9.86. The zero-order chi connectivity index (χ0) is 14.7. The van der Waals surface area contributed by atoms with Crippen molar-refractivity contribution in [1.82, 2.24) is 5.32 Å². The SMILES string of the molecule is O=C(NC1CCC(C(=O)O)CC1)c1cc(Cl)ccc1F. The number of amides is 1. The monoisotopic (exact) mass is 299 g/mol. The van der Waals surface area contributed by atoms with Gasteiger partial charge in [-0.1, -0.05) is 11.6 Å². The molecule has 2 rings (SSSR count). The molecule has 0 spiro atoms. The molecule has 6 heteroatoms. The Hall–Kier alpha value is -1.62. The highest BCUT2D eigenvalue weighted by molar-refractivity contribution is 6.31. The van der Waals surface area contributed by atoms with Crippen LogP contribution < -0.4 is 5.32 Å². The summed E-state index contributed by atoms with van der Waals surface area (Å²) in [5, 5.41) is 11.9. The average Bonchev–Trinajstić information content (AvgIpc) is 2.42. The molecule has 20 heavy (non-hydrogen) atoms. The molecule has 0 atom stereocenters. The van der Waals surface area contributed by atoms with E-state index < -0.39 is 17.7 Å². The van der Waals surface area contributed by atoms with E-state index in [1.807, 2.05) is 0 Å². The molecule has 1 aromatic rings. The standard InChI is InChI=1S/C14H15ClFNO3/c15-9-3-6-12(16)11(7-9)13(18)17-10-4-1-8(2-5-10)14(19)20/h3,6-8,10H,1-2,4-5H2,(H,17,18)(H,19,20). The van der Waals surface area contributed by atoms with Crippen molar-refractivity contribution < 1.29 is 19.1 Å². The highest BCUT2D eigenvalue weighted by atomic mass is 35.5. The molecule has 0 radical (unpaired) electrons. The second-order valence-electron chi connectivity index (χ2n) is 4.98. The van der Waals surface area contributed by atoms with Crippen LogP contribution in [0, 0.1) is 11.7 Å². The van der Waals surface area contributed by atoms with Crippen LogP contribution in [0.2, 0.25) is 5.02 Å². The van der Waals surface area contributed by atoms with Gasteiger partial charge in [0.1, 0.15) is 5.82 Å². The third kappa shape index (κ3) is 3.48. The molecule has 1 amide bonds. The van der Waals surface area contributed by atoms with E-state index in [0.29, 0.717) is 30.7 Å². The largest absolute Gasteiger partial charge is 0.481 e.